The molecule has 1 unspecified atom stereocenters. The lowest BCUT2D eigenvalue weighted by molar-refractivity contribution is -0.384. The fraction of sp³-hybridized carbons (Fsp3) is 0.235. The van der Waals surface area contributed by atoms with Crippen molar-refractivity contribution in [3.63, 3.8) is 0 Å². The number of benzene rings is 2. The van der Waals surface area contributed by atoms with Crippen molar-refractivity contribution in [3.05, 3.63) is 70.3 Å². The third kappa shape index (κ3) is 3.88. The number of nitro groups is 1. The average Bonchev–Trinajstić information content (AvgIpc) is 2.60. The molecule has 126 valence electrons. The quantitative estimate of drug-likeness (QED) is 0.559. The van der Waals surface area contributed by atoms with Crippen LogP contribution in [0, 0.1) is 10.1 Å². The minimum absolute atomic E-state index is 0.111. The predicted octanol–water partition coefficient (Wildman–Crippen LogP) is 3.01. The molecule has 0 bridgehead atoms. The van der Waals surface area contributed by atoms with Gasteiger partial charge in [-0.1, -0.05) is 43.3 Å². The maximum Gasteiger partial charge on any atom is 0.320 e. The van der Waals surface area contributed by atoms with Gasteiger partial charge in [-0.2, -0.15) is 0 Å². The van der Waals surface area contributed by atoms with E-state index in [-0.39, 0.29) is 12.3 Å². The molecule has 1 atom stereocenters. The van der Waals surface area contributed by atoms with Crippen LogP contribution < -0.4 is 10.6 Å². The summed E-state index contributed by atoms with van der Waals surface area (Å²) < 4.78 is 0. The van der Waals surface area contributed by atoms with Gasteiger partial charge in [0, 0.05) is 17.8 Å². The largest absolute Gasteiger partial charge is 0.394 e. The Morgan fingerprint density at radius 3 is 2.50 bits per heavy atom. The second kappa shape index (κ2) is 7.56. The highest BCUT2D eigenvalue weighted by molar-refractivity contribution is 5.90. The number of nitro benzene ring substituents is 1. The molecule has 24 heavy (non-hydrogen) atoms. The summed E-state index contributed by atoms with van der Waals surface area (Å²) in [6, 6.07) is 14.3. The van der Waals surface area contributed by atoms with E-state index in [1.165, 1.54) is 18.2 Å². The average molecular weight is 329 g/mol. The number of non-ortho nitro benzene ring substituents is 1. The highest BCUT2D eigenvalue weighted by Gasteiger charge is 2.31. The normalized spacial score (nSPS) is 12.9. The SMILES string of the molecule is CCC(CO)(NC(=O)Nc1cccc([N+](=O)[O-])c1)c1ccccc1. The molecule has 3 N–H and O–H groups in total. The van der Waals surface area contributed by atoms with Crippen LogP contribution in [0.1, 0.15) is 18.9 Å². The first kappa shape index (κ1) is 17.4. The van der Waals surface area contributed by atoms with E-state index in [2.05, 4.69) is 10.6 Å². The van der Waals surface area contributed by atoms with Crippen molar-refractivity contribution in [1.82, 2.24) is 5.32 Å². The Morgan fingerprint density at radius 2 is 1.92 bits per heavy atom. The third-order valence-corrected chi connectivity index (χ3v) is 3.87. The molecule has 2 aromatic carbocycles. The smallest absolute Gasteiger partial charge is 0.320 e. The van der Waals surface area contributed by atoms with Crippen LogP contribution in [0.4, 0.5) is 16.2 Å². The van der Waals surface area contributed by atoms with Gasteiger partial charge in [-0.05, 0) is 18.1 Å². The van der Waals surface area contributed by atoms with Gasteiger partial charge in [-0.25, -0.2) is 4.79 Å². The molecule has 0 aliphatic heterocycles. The summed E-state index contributed by atoms with van der Waals surface area (Å²) in [6.07, 6.45) is 0.482. The van der Waals surface area contributed by atoms with Crippen molar-refractivity contribution in [3.8, 4) is 0 Å². The summed E-state index contributed by atoms with van der Waals surface area (Å²) in [5.74, 6) is 0. The lowest BCUT2D eigenvalue weighted by Crippen LogP contribution is -2.49. The second-order valence-corrected chi connectivity index (χ2v) is 5.35. The first-order chi connectivity index (χ1) is 11.5. The van der Waals surface area contributed by atoms with Crippen LogP contribution >= 0.6 is 0 Å². The van der Waals surface area contributed by atoms with Crippen LogP contribution in [0.25, 0.3) is 0 Å². The van der Waals surface area contributed by atoms with Crippen LogP contribution in [0.3, 0.4) is 0 Å². The molecule has 0 radical (unpaired) electrons. The Bertz CT molecular complexity index is 715. The Kier molecular flexibility index (Phi) is 5.49. The fourth-order valence-corrected chi connectivity index (χ4v) is 2.44. The van der Waals surface area contributed by atoms with Crippen LogP contribution in [0.15, 0.2) is 54.6 Å². The summed E-state index contributed by atoms with van der Waals surface area (Å²) in [6.45, 7) is 1.59. The number of nitrogens with zero attached hydrogens (tertiary/aromatic N) is 1. The minimum atomic E-state index is -0.925. The van der Waals surface area contributed by atoms with Gasteiger partial charge < -0.3 is 15.7 Å². The maximum atomic E-state index is 12.3. The highest BCUT2D eigenvalue weighted by atomic mass is 16.6. The molecule has 0 aliphatic rings. The second-order valence-electron chi connectivity index (χ2n) is 5.35. The van der Waals surface area contributed by atoms with Crippen LogP contribution in [-0.2, 0) is 5.54 Å². The highest BCUT2D eigenvalue weighted by Crippen LogP contribution is 2.25. The monoisotopic (exact) mass is 329 g/mol. The molecule has 2 rings (SSSR count). The number of nitrogens with one attached hydrogen (secondary N) is 2. The van der Waals surface area contributed by atoms with Gasteiger partial charge >= 0.3 is 6.03 Å². The molecule has 0 spiro atoms. The number of aliphatic hydroxyl groups is 1. The van der Waals surface area contributed by atoms with Crippen LogP contribution in [0.5, 0.6) is 0 Å². The third-order valence-electron chi connectivity index (χ3n) is 3.87. The summed E-state index contributed by atoms with van der Waals surface area (Å²) in [7, 11) is 0. The first-order valence-corrected chi connectivity index (χ1v) is 7.51. The lowest BCUT2D eigenvalue weighted by Gasteiger charge is -2.32. The van der Waals surface area contributed by atoms with Gasteiger partial charge in [0.25, 0.3) is 5.69 Å². The number of carbonyl (C=O) groups is 1. The number of urea groups is 1. The van der Waals surface area contributed by atoms with E-state index in [0.29, 0.717) is 12.1 Å². The zero-order valence-electron chi connectivity index (χ0n) is 13.2. The van der Waals surface area contributed by atoms with Gasteiger partial charge in [0.1, 0.15) is 0 Å². The first-order valence-electron chi connectivity index (χ1n) is 7.51. The molecule has 0 saturated carbocycles. The molecule has 0 aliphatic carbocycles. The van der Waals surface area contributed by atoms with Crippen molar-refractivity contribution < 1.29 is 14.8 Å². The summed E-state index contributed by atoms with van der Waals surface area (Å²) in [5, 5.41) is 26.0. The number of carbonyl (C=O) groups excluding carboxylic acids is 1. The number of aliphatic hydroxyl groups excluding tert-OH is 1. The summed E-state index contributed by atoms with van der Waals surface area (Å²) in [5.41, 5.74) is 0.0492. The molecule has 0 fully saturated rings. The van der Waals surface area contributed by atoms with Crippen molar-refractivity contribution >= 4 is 17.4 Å². The Hall–Kier alpha value is -2.93. The molecule has 2 amide bonds. The number of hydrogen-bond acceptors (Lipinski definition) is 4. The Balaban J connectivity index is 2.17. The van der Waals surface area contributed by atoms with Gasteiger partial charge in [0.2, 0.25) is 0 Å². The van der Waals surface area contributed by atoms with E-state index in [9.17, 15) is 20.0 Å². The molecule has 0 heterocycles. The van der Waals surface area contributed by atoms with E-state index in [1.807, 2.05) is 37.3 Å². The van der Waals surface area contributed by atoms with Gasteiger partial charge in [-0.3, -0.25) is 10.1 Å². The fourth-order valence-electron chi connectivity index (χ4n) is 2.44. The van der Waals surface area contributed by atoms with E-state index in [4.69, 9.17) is 0 Å². The minimum Gasteiger partial charge on any atom is -0.394 e. The van der Waals surface area contributed by atoms with E-state index in [1.54, 1.807) is 6.07 Å². The molecule has 7 heteroatoms. The van der Waals surface area contributed by atoms with Crippen molar-refractivity contribution in [2.24, 2.45) is 0 Å². The zero-order chi connectivity index (χ0) is 17.6. The Morgan fingerprint density at radius 1 is 1.21 bits per heavy atom. The van der Waals surface area contributed by atoms with Gasteiger partial charge in [0.05, 0.1) is 17.1 Å². The maximum absolute atomic E-state index is 12.3. The van der Waals surface area contributed by atoms with Crippen molar-refractivity contribution in [1.29, 1.82) is 0 Å². The number of hydrogen-bond donors (Lipinski definition) is 3. The van der Waals surface area contributed by atoms with E-state index >= 15 is 0 Å². The molecule has 2 aromatic rings. The van der Waals surface area contributed by atoms with Gasteiger partial charge in [-0.15, -0.1) is 0 Å². The number of amides is 2. The van der Waals surface area contributed by atoms with Crippen molar-refractivity contribution in [2.75, 3.05) is 11.9 Å². The summed E-state index contributed by atoms with van der Waals surface area (Å²) >= 11 is 0. The zero-order valence-corrected chi connectivity index (χ0v) is 13.2. The Labute approximate surface area is 139 Å². The van der Waals surface area contributed by atoms with Crippen LogP contribution in [0.2, 0.25) is 0 Å². The molecular weight excluding hydrogens is 310 g/mol. The molecule has 0 saturated heterocycles. The van der Waals surface area contributed by atoms with E-state index < -0.39 is 16.5 Å². The molecular formula is C17H19N3O4. The van der Waals surface area contributed by atoms with E-state index in [0.717, 1.165) is 5.56 Å². The number of anilines is 1. The van der Waals surface area contributed by atoms with Gasteiger partial charge in [0.15, 0.2) is 0 Å². The lowest BCUT2D eigenvalue weighted by atomic mass is 9.88. The standard InChI is InChI=1S/C17H19N3O4/c1-2-17(12-21,13-7-4-3-5-8-13)19-16(22)18-14-9-6-10-15(11-14)20(23)24/h3-11,21H,2,12H2,1H3,(H2,18,19,22). The molecule has 7 nitrogen and oxygen atoms in total. The topological polar surface area (TPSA) is 104 Å². The van der Waals surface area contributed by atoms with Crippen LogP contribution in [-0.4, -0.2) is 22.7 Å². The summed E-state index contributed by atoms with van der Waals surface area (Å²) in [4.78, 5) is 22.6. The predicted molar refractivity (Wildman–Crippen MR) is 90.7 cm³/mol. The molecule has 0 aromatic heterocycles. The van der Waals surface area contributed by atoms with Crippen molar-refractivity contribution in [2.45, 2.75) is 18.9 Å². The number of rotatable bonds is 6.